The highest BCUT2D eigenvalue weighted by molar-refractivity contribution is 4.76. The number of ether oxygens (including phenoxy) is 2. The number of hydrogen-bond acceptors (Lipinski definition) is 5. The van der Waals surface area contributed by atoms with E-state index in [-0.39, 0.29) is 11.3 Å². The second-order valence-corrected chi connectivity index (χ2v) is 3.90. The summed E-state index contributed by atoms with van der Waals surface area (Å²) in [5.41, 5.74) is 4.57. The van der Waals surface area contributed by atoms with Gasteiger partial charge >= 0.3 is 0 Å². The van der Waals surface area contributed by atoms with Gasteiger partial charge in [-0.1, -0.05) is 0 Å². The molecule has 0 saturated carbocycles. The third kappa shape index (κ3) is 5.39. The topological polar surface area (TPSA) is 87.6 Å². The lowest BCUT2D eigenvalue weighted by Gasteiger charge is -2.24. The monoisotopic (exact) mass is 234 g/mol. The molecule has 0 aliphatic rings. The van der Waals surface area contributed by atoms with Gasteiger partial charge in [0.05, 0.1) is 13.0 Å². The molecule has 0 amide bonds. The highest BCUT2D eigenvalue weighted by Crippen LogP contribution is 2.21. The zero-order valence-corrected chi connectivity index (χ0v) is 10.3. The van der Waals surface area contributed by atoms with E-state index in [2.05, 4.69) is 0 Å². The Hall–Kier alpha value is -0.720. The average Bonchev–Trinajstić information content (AvgIpc) is 2.18. The minimum atomic E-state index is -1.08. The molecular weight excluding hydrogens is 212 g/mol. The summed E-state index contributed by atoms with van der Waals surface area (Å²) in [5.74, 6) is 0. The van der Waals surface area contributed by atoms with Gasteiger partial charge in [0.2, 0.25) is 5.54 Å². The van der Waals surface area contributed by atoms with Crippen molar-refractivity contribution in [2.24, 2.45) is 5.73 Å². The van der Waals surface area contributed by atoms with Crippen LogP contribution in [0.3, 0.4) is 0 Å². The standard InChI is InChI=1S/C10H22N2O4/c1-4-15-7-6-10(3,12(13)14)8-9(11)16-5-2/h9H,4-8,11H2,1-3H3. The Kier molecular flexibility index (Phi) is 7.20. The van der Waals surface area contributed by atoms with Gasteiger partial charge in [0, 0.05) is 31.5 Å². The van der Waals surface area contributed by atoms with Gasteiger partial charge in [0.1, 0.15) is 6.23 Å². The van der Waals surface area contributed by atoms with Crippen molar-refractivity contribution in [1.29, 1.82) is 0 Å². The molecule has 0 fully saturated rings. The zero-order valence-electron chi connectivity index (χ0n) is 10.3. The van der Waals surface area contributed by atoms with Crippen LogP contribution >= 0.6 is 0 Å². The summed E-state index contributed by atoms with van der Waals surface area (Å²) >= 11 is 0. The van der Waals surface area contributed by atoms with Gasteiger partial charge in [-0.15, -0.1) is 0 Å². The summed E-state index contributed by atoms with van der Waals surface area (Å²) in [6.45, 7) is 6.63. The van der Waals surface area contributed by atoms with Gasteiger partial charge in [-0.2, -0.15) is 0 Å². The maximum absolute atomic E-state index is 11.0. The summed E-state index contributed by atoms with van der Waals surface area (Å²) in [6, 6.07) is 0. The van der Waals surface area contributed by atoms with Crippen LogP contribution in [-0.4, -0.2) is 36.5 Å². The molecule has 0 aromatic heterocycles. The van der Waals surface area contributed by atoms with E-state index in [1.165, 1.54) is 0 Å². The molecule has 0 aromatic carbocycles. The van der Waals surface area contributed by atoms with Crippen molar-refractivity contribution in [1.82, 2.24) is 0 Å². The van der Waals surface area contributed by atoms with Crippen LogP contribution in [0, 0.1) is 10.1 Å². The Balaban J connectivity index is 4.26. The van der Waals surface area contributed by atoms with E-state index in [9.17, 15) is 10.1 Å². The second kappa shape index (κ2) is 7.54. The molecule has 6 heteroatoms. The summed E-state index contributed by atoms with van der Waals surface area (Å²) in [6.07, 6.45) is -0.0581. The molecule has 0 aliphatic heterocycles. The fraction of sp³-hybridized carbons (Fsp3) is 1.00. The summed E-state index contributed by atoms with van der Waals surface area (Å²) in [5, 5.41) is 11.0. The molecule has 0 heterocycles. The lowest BCUT2D eigenvalue weighted by Crippen LogP contribution is -2.43. The van der Waals surface area contributed by atoms with Gasteiger partial charge in [0.15, 0.2) is 0 Å². The second-order valence-electron chi connectivity index (χ2n) is 3.90. The quantitative estimate of drug-likeness (QED) is 0.280. The average molecular weight is 234 g/mol. The maximum Gasteiger partial charge on any atom is 0.225 e. The van der Waals surface area contributed by atoms with Crippen molar-refractivity contribution in [2.75, 3.05) is 19.8 Å². The molecule has 2 N–H and O–H groups in total. The molecule has 0 bridgehead atoms. The van der Waals surface area contributed by atoms with Crippen LogP contribution in [0.5, 0.6) is 0 Å². The Labute approximate surface area is 96.2 Å². The van der Waals surface area contributed by atoms with Crippen molar-refractivity contribution in [3.63, 3.8) is 0 Å². The first-order valence-corrected chi connectivity index (χ1v) is 5.55. The van der Waals surface area contributed by atoms with Crippen molar-refractivity contribution in [3.8, 4) is 0 Å². The number of nitrogens with two attached hydrogens (primary N) is 1. The van der Waals surface area contributed by atoms with Gasteiger partial charge in [-0.05, 0) is 13.8 Å². The number of nitro groups is 1. The van der Waals surface area contributed by atoms with E-state index in [4.69, 9.17) is 15.2 Å². The van der Waals surface area contributed by atoms with Gasteiger partial charge < -0.3 is 15.2 Å². The van der Waals surface area contributed by atoms with E-state index in [1.807, 2.05) is 13.8 Å². The lowest BCUT2D eigenvalue weighted by molar-refractivity contribution is -0.570. The van der Waals surface area contributed by atoms with Gasteiger partial charge in [0.25, 0.3) is 0 Å². The lowest BCUT2D eigenvalue weighted by atomic mass is 9.94. The van der Waals surface area contributed by atoms with Crippen LogP contribution in [0.2, 0.25) is 0 Å². The molecule has 0 radical (unpaired) electrons. The summed E-state index contributed by atoms with van der Waals surface area (Å²) in [4.78, 5) is 10.7. The van der Waals surface area contributed by atoms with E-state index in [1.54, 1.807) is 6.92 Å². The van der Waals surface area contributed by atoms with Crippen molar-refractivity contribution >= 4 is 0 Å². The Morgan fingerprint density at radius 1 is 1.44 bits per heavy atom. The van der Waals surface area contributed by atoms with Crippen molar-refractivity contribution in [3.05, 3.63) is 10.1 Å². The first-order chi connectivity index (χ1) is 7.46. The summed E-state index contributed by atoms with van der Waals surface area (Å²) < 4.78 is 10.3. The third-order valence-corrected chi connectivity index (χ3v) is 2.45. The first kappa shape index (κ1) is 15.3. The Morgan fingerprint density at radius 3 is 2.50 bits per heavy atom. The predicted molar refractivity (Wildman–Crippen MR) is 60.7 cm³/mol. The summed E-state index contributed by atoms with van der Waals surface area (Å²) in [7, 11) is 0. The van der Waals surface area contributed by atoms with E-state index >= 15 is 0 Å². The minimum Gasteiger partial charge on any atom is -0.381 e. The molecular formula is C10H22N2O4. The van der Waals surface area contributed by atoms with Crippen LogP contribution < -0.4 is 5.73 Å². The minimum absolute atomic E-state index is 0.195. The van der Waals surface area contributed by atoms with Crippen LogP contribution in [0.4, 0.5) is 0 Å². The maximum atomic E-state index is 11.0. The van der Waals surface area contributed by atoms with Gasteiger partial charge in [-0.25, -0.2) is 0 Å². The molecule has 6 nitrogen and oxygen atoms in total. The molecule has 2 unspecified atom stereocenters. The highest BCUT2D eigenvalue weighted by atomic mass is 16.6. The van der Waals surface area contributed by atoms with E-state index < -0.39 is 11.8 Å². The normalized spacial score (nSPS) is 16.8. The molecule has 0 rings (SSSR count). The zero-order chi connectivity index (χ0) is 12.6. The first-order valence-electron chi connectivity index (χ1n) is 5.55. The van der Waals surface area contributed by atoms with E-state index in [0.29, 0.717) is 26.2 Å². The predicted octanol–water partition coefficient (Wildman–Crippen LogP) is 1.16. The van der Waals surface area contributed by atoms with Crippen molar-refractivity contribution in [2.45, 2.75) is 45.4 Å². The molecule has 2 atom stereocenters. The van der Waals surface area contributed by atoms with Crippen LogP contribution in [0.25, 0.3) is 0 Å². The SMILES string of the molecule is CCOCCC(C)(CC(N)OCC)[N+](=O)[O-]. The Bertz CT molecular complexity index is 213. The molecule has 0 saturated heterocycles. The highest BCUT2D eigenvalue weighted by Gasteiger charge is 2.38. The smallest absolute Gasteiger partial charge is 0.225 e. The Morgan fingerprint density at radius 2 is 2.06 bits per heavy atom. The molecule has 0 aliphatic carbocycles. The van der Waals surface area contributed by atoms with Gasteiger partial charge in [-0.3, -0.25) is 10.1 Å². The fourth-order valence-corrected chi connectivity index (χ4v) is 1.41. The molecule has 16 heavy (non-hydrogen) atoms. The molecule has 96 valence electrons. The van der Waals surface area contributed by atoms with Crippen molar-refractivity contribution < 1.29 is 14.4 Å². The van der Waals surface area contributed by atoms with Crippen LogP contribution in [0.1, 0.15) is 33.6 Å². The third-order valence-electron chi connectivity index (χ3n) is 2.45. The number of rotatable bonds is 9. The fourth-order valence-electron chi connectivity index (χ4n) is 1.41. The number of nitrogens with zero attached hydrogens (tertiary/aromatic N) is 1. The number of hydrogen-bond donors (Lipinski definition) is 1. The molecule has 0 spiro atoms. The molecule has 0 aromatic rings. The van der Waals surface area contributed by atoms with Crippen LogP contribution in [0.15, 0.2) is 0 Å². The van der Waals surface area contributed by atoms with E-state index in [0.717, 1.165) is 0 Å². The largest absolute Gasteiger partial charge is 0.381 e. The van der Waals surface area contributed by atoms with Crippen LogP contribution in [-0.2, 0) is 9.47 Å².